The minimum absolute atomic E-state index is 0.00769. The van der Waals surface area contributed by atoms with E-state index >= 15 is 0 Å². The Kier molecular flexibility index (Phi) is 12.2. The van der Waals surface area contributed by atoms with Crippen molar-refractivity contribution in [2.75, 3.05) is 39.4 Å². The van der Waals surface area contributed by atoms with Crippen LogP contribution in [0.1, 0.15) is 63.0 Å². The molecular formula is C27H39N33. The maximum Gasteiger partial charge on any atom is 0.292 e. The molecule has 6 aromatic heterocycles. The molecule has 312 valence electrons. The summed E-state index contributed by atoms with van der Waals surface area (Å²) in [5.41, 5.74) is 33.4. The fourth-order valence-electron chi connectivity index (χ4n) is 5.06. The van der Waals surface area contributed by atoms with Gasteiger partial charge < -0.3 is 39.4 Å². The highest BCUT2D eigenvalue weighted by Gasteiger charge is 2.16. The SMILES string of the molecule is N=C1CCCCC(N)=NCc2nc(N)n(n2)-c2nnc(nn2)Nc2n[nH]c(n2)CN=C(N)CCCCC(N)=NNc2nc(N)n(n2)-c2nnc(nn2)Nc2nc(n[nH]2)NC1. The average Bonchev–Trinajstić information content (AvgIpc) is 4.06. The number of aromatic amines is 2. The molecule has 0 amide bonds. The number of aromatic nitrogens is 20. The van der Waals surface area contributed by atoms with Crippen molar-refractivity contribution in [3.8, 4) is 11.9 Å². The fraction of sp³-hybridized carbons (Fsp3) is 0.407. The summed E-state index contributed by atoms with van der Waals surface area (Å²) in [5.74, 6) is 2.43. The molecule has 0 fully saturated rings. The number of hydrogen-bond acceptors (Lipinski definition) is 29. The number of nitrogens with two attached hydrogens (primary N) is 5. The van der Waals surface area contributed by atoms with Gasteiger partial charge in [-0.3, -0.25) is 25.7 Å². The standard InChI is InChI=1S/C27H39N33/c28-12-5-1-2-6-14(30)35-11-17-37-18(32)59(57-17)26-53-48-23(49-54-26)41-21-38-16(44-46-21)10-34-13(29)7-3-4-8-15(31)43-52-25-39-19(33)60(58-25)27-55-50-24(51-56-27)42-22-40-20(36-9-12)45-47-22/h28H,1-11H2,(H2,29,34)(H2,30,35)(H2,31,43)(H2,32,37,57)(H3,33,39,52,58)(H2,38,41,44,46,48,49)(H3,36,40,42,45,47,50,51). The Morgan fingerprint density at radius 3 is 1.85 bits per heavy atom. The Morgan fingerprint density at radius 1 is 0.533 bits per heavy atom. The summed E-state index contributed by atoms with van der Waals surface area (Å²) in [5, 5.41) is 75.2. The highest BCUT2D eigenvalue weighted by atomic mass is 15.5. The maximum absolute atomic E-state index is 8.31. The molecule has 4 aliphatic heterocycles. The molecule has 6 aromatic rings. The van der Waals surface area contributed by atoms with Gasteiger partial charge in [-0.25, -0.2) is 10.5 Å². The molecule has 0 radical (unpaired) electrons. The van der Waals surface area contributed by atoms with Gasteiger partial charge in [-0.05, 0) is 32.1 Å². The van der Waals surface area contributed by atoms with E-state index in [4.69, 9.17) is 34.1 Å². The first-order valence-electron chi connectivity index (χ1n) is 18.1. The van der Waals surface area contributed by atoms with Gasteiger partial charge >= 0.3 is 0 Å². The highest BCUT2D eigenvalue weighted by molar-refractivity contribution is 5.85. The van der Waals surface area contributed by atoms with Crippen LogP contribution < -0.4 is 50.0 Å². The van der Waals surface area contributed by atoms with E-state index in [2.05, 4.69) is 128 Å². The second kappa shape index (κ2) is 18.5. The molecule has 0 saturated carbocycles. The Balaban J connectivity index is 0.987. The van der Waals surface area contributed by atoms with Crippen LogP contribution in [0.2, 0.25) is 0 Å². The predicted octanol–water partition coefficient (Wildman–Crippen LogP) is -2.44. The number of anilines is 8. The summed E-state index contributed by atoms with van der Waals surface area (Å²) >= 11 is 0. The minimum Gasteiger partial charge on any atom is -0.387 e. The second-order valence-electron chi connectivity index (χ2n) is 12.6. The van der Waals surface area contributed by atoms with Gasteiger partial charge in [0.25, 0.3) is 29.7 Å². The summed E-state index contributed by atoms with van der Waals surface area (Å²) < 4.78 is 2.30. The number of H-pyrrole nitrogens is 2. The van der Waals surface area contributed by atoms with Gasteiger partial charge in [0.05, 0.1) is 18.2 Å². The van der Waals surface area contributed by atoms with Crippen molar-refractivity contribution in [1.82, 2.24) is 101 Å². The Bertz CT molecular complexity index is 2450. The van der Waals surface area contributed by atoms with E-state index < -0.39 is 0 Å². The van der Waals surface area contributed by atoms with Crippen LogP contribution >= 0.6 is 0 Å². The summed E-state index contributed by atoms with van der Waals surface area (Å²) in [6.45, 7) is 0.452. The Hall–Kier alpha value is -8.68. The predicted molar refractivity (Wildman–Crippen MR) is 212 cm³/mol. The molecule has 0 saturated heterocycles. The van der Waals surface area contributed by atoms with Crippen LogP contribution in [-0.2, 0) is 13.1 Å². The monoisotopic (exact) mass is 825 g/mol. The fourth-order valence-corrected chi connectivity index (χ4v) is 5.06. The van der Waals surface area contributed by atoms with Crippen LogP contribution in [0.5, 0.6) is 0 Å². The smallest absolute Gasteiger partial charge is 0.292 e. The normalized spacial score (nSPS) is 15.5. The largest absolute Gasteiger partial charge is 0.387 e. The lowest BCUT2D eigenvalue weighted by atomic mass is 10.1. The molecular weight excluding hydrogens is 787 g/mol. The molecule has 33 heteroatoms. The zero-order chi connectivity index (χ0) is 41.8. The number of nitrogens with one attached hydrogen (secondary N) is 7. The summed E-state index contributed by atoms with van der Waals surface area (Å²) in [6.07, 6.45) is 4.76. The third-order valence-corrected chi connectivity index (χ3v) is 7.99. The molecule has 0 atom stereocenters. The molecule has 10 heterocycles. The van der Waals surface area contributed by atoms with Crippen molar-refractivity contribution in [3.63, 3.8) is 0 Å². The third kappa shape index (κ3) is 10.8. The molecule has 33 nitrogen and oxygen atoms in total. The van der Waals surface area contributed by atoms with Gasteiger partial charge in [-0.2, -0.15) is 34.4 Å². The van der Waals surface area contributed by atoms with Crippen molar-refractivity contribution >= 4 is 70.8 Å². The van der Waals surface area contributed by atoms with Crippen molar-refractivity contribution in [2.45, 2.75) is 64.5 Å². The van der Waals surface area contributed by atoms with Crippen molar-refractivity contribution in [3.05, 3.63) is 11.6 Å². The lowest BCUT2D eigenvalue weighted by molar-refractivity contribution is 0.725. The first-order chi connectivity index (χ1) is 29.1. The van der Waals surface area contributed by atoms with E-state index in [9.17, 15) is 0 Å². The van der Waals surface area contributed by atoms with Crippen LogP contribution in [-0.4, -0.2) is 130 Å². The third-order valence-electron chi connectivity index (χ3n) is 7.99. The van der Waals surface area contributed by atoms with E-state index in [1.165, 1.54) is 4.68 Å². The highest BCUT2D eigenvalue weighted by Crippen LogP contribution is 2.13. The van der Waals surface area contributed by atoms with Gasteiger partial charge in [0.15, 0.2) is 5.82 Å². The van der Waals surface area contributed by atoms with Gasteiger partial charge in [0.1, 0.15) is 24.7 Å². The van der Waals surface area contributed by atoms with Crippen LogP contribution in [0.15, 0.2) is 15.1 Å². The first kappa shape index (κ1) is 39.6. The number of amidine groups is 3. The van der Waals surface area contributed by atoms with E-state index in [1.807, 2.05) is 0 Å². The summed E-state index contributed by atoms with van der Waals surface area (Å²) in [4.78, 5) is 25.6. The molecule has 17 N–H and O–H groups in total. The maximum atomic E-state index is 8.31. The molecule has 60 heavy (non-hydrogen) atoms. The number of nitrogens with zero attached hydrogens (tertiary/aromatic N) is 21. The van der Waals surface area contributed by atoms with Crippen LogP contribution in [0.4, 0.5) is 47.6 Å². The van der Waals surface area contributed by atoms with Crippen molar-refractivity contribution in [2.24, 2.45) is 32.3 Å². The number of rotatable bonds is 0. The summed E-state index contributed by atoms with van der Waals surface area (Å²) in [7, 11) is 0. The first-order valence-corrected chi connectivity index (χ1v) is 18.1. The number of hydrogen-bond donors (Lipinski definition) is 12. The molecule has 4 aliphatic rings. The number of hydrazone groups is 1. The van der Waals surface area contributed by atoms with Crippen molar-refractivity contribution in [1.29, 1.82) is 5.41 Å². The zero-order valence-electron chi connectivity index (χ0n) is 31.6. The zero-order valence-corrected chi connectivity index (χ0v) is 31.6. The summed E-state index contributed by atoms with van der Waals surface area (Å²) in [6, 6.07) is 0. The molecule has 10 rings (SSSR count). The lowest BCUT2D eigenvalue weighted by Gasteiger charge is -2.05. The van der Waals surface area contributed by atoms with Crippen molar-refractivity contribution < 1.29 is 0 Å². The topological polar surface area (TPSA) is 487 Å². The van der Waals surface area contributed by atoms with E-state index in [0.717, 1.165) is 4.68 Å². The Labute approximate surface area is 336 Å². The van der Waals surface area contributed by atoms with E-state index in [-0.39, 0.29) is 79.1 Å². The van der Waals surface area contributed by atoms with Gasteiger partial charge in [0, 0.05) is 25.0 Å². The van der Waals surface area contributed by atoms with E-state index in [1.54, 1.807) is 0 Å². The number of nitrogen functional groups attached to an aromatic ring is 2. The van der Waals surface area contributed by atoms with Crippen LogP contribution in [0, 0.1) is 5.41 Å². The Morgan fingerprint density at radius 2 is 1.13 bits per heavy atom. The van der Waals surface area contributed by atoms with Crippen LogP contribution in [0.25, 0.3) is 11.9 Å². The molecule has 0 spiro atoms. The molecule has 12 bridgehead atoms. The molecule has 0 aromatic carbocycles. The average molecular weight is 826 g/mol. The minimum atomic E-state index is -0.0561. The number of aliphatic imine (C=N–C) groups is 2. The molecule has 0 unspecified atom stereocenters. The molecule has 0 aliphatic carbocycles. The second-order valence-corrected chi connectivity index (χ2v) is 12.6. The lowest BCUT2D eigenvalue weighted by Crippen LogP contribution is -2.15. The quantitative estimate of drug-likeness (QED) is 0.0757. The van der Waals surface area contributed by atoms with E-state index in [0.29, 0.717) is 86.2 Å². The van der Waals surface area contributed by atoms with Gasteiger partial charge in [-0.1, -0.05) is 0 Å². The van der Waals surface area contributed by atoms with Gasteiger partial charge in [0.2, 0.25) is 29.7 Å². The van der Waals surface area contributed by atoms with Gasteiger partial charge in [-0.15, -0.1) is 61.2 Å². The van der Waals surface area contributed by atoms with Crippen LogP contribution in [0.3, 0.4) is 0 Å².